The molecule has 2 aliphatic heterocycles. The van der Waals surface area contributed by atoms with Gasteiger partial charge < -0.3 is 29.9 Å². The molecule has 1 aromatic carbocycles. The van der Waals surface area contributed by atoms with E-state index >= 15 is 0 Å². The minimum atomic E-state index is -1.05. The third kappa shape index (κ3) is 6.65. The van der Waals surface area contributed by atoms with Crippen LogP contribution in [0.15, 0.2) is 24.3 Å². The van der Waals surface area contributed by atoms with Gasteiger partial charge in [0.15, 0.2) is 0 Å². The topological polar surface area (TPSA) is 97.2 Å². The molecule has 1 aromatic rings. The van der Waals surface area contributed by atoms with Crippen LogP contribution >= 0.6 is 0 Å². The van der Waals surface area contributed by atoms with Crippen LogP contribution in [-0.2, 0) is 9.59 Å². The molecule has 2 N–H and O–H groups in total. The Morgan fingerprint density at radius 3 is 2.39 bits per heavy atom. The number of amides is 3. The summed E-state index contributed by atoms with van der Waals surface area (Å²) in [5.74, 6) is -1.26. The molecule has 0 aliphatic carbocycles. The number of carboxylic acid groups (broad SMARTS) is 1. The zero-order valence-electron chi connectivity index (χ0n) is 17.9. The molecule has 8 nitrogen and oxygen atoms in total. The minimum Gasteiger partial charge on any atom is -0.550 e. The summed E-state index contributed by atoms with van der Waals surface area (Å²) in [5, 5.41) is 14.0. The number of benzene rings is 1. The van der Waals surface area contributed by atoms with Gasteiger partial charge in [-0.05, 0) is 48.9 Å². The predicted octanol–water partition coefficient (Wildman–Crippen LogP) is -0.427. The molecule has 0 bridgehead atoms. The fraction of sp³-hybridized carbons (Fsp3) is 0.591. The molecular formula is C22H31FN4O4. The first-order valence-corrected chi connectivity index (χ1v) is 10.9. The summed E-state index contributed by atoms with van der Waals surface area (Å²) in [5.41, 5.74) is 0.521. The molecule has 31 heavy (non-hydrogen) atoms. The second kappa shape index (κ2) is 10.6. The molecule has 0 spiro atoms. The van der Waals surface area contributed by atoms with Crippen LogP contribution in [0.3, 0.4) is 0 Å². The number of likely N-dealkylation sites (tertiary alicyclic amines) is 1. The van der Waals surface area contributed by atoms with Crippen LogP contribution in [0.2, 0.25) is 0 Å². The van der Waals surface area contributed by atoms with Gasteiger partial charge in [0, 0.05) is 38.1 Å². The number of hydrogen-bond donors (Lipinski definition) is 2. The van der Waals surface area contributed by atoms with Crippen molar-refractivity contribution in [1.29, 1.82) is 0 Å². The maximum atomic E-state index is 13.1. The van der Waals surface area contributed by atoms with Crippen LogP contribution in [0.1, 0.15) is 26.2 Å². The van der Waals surface area contributed by atoms with E-state index in [4.69, 9.17) is 0 Å². The molecule has 0 saturated carbocycles. The number of quaternary nitrogens is 1. The maximum absolute atomic E-state index is 13.1. The molecule has 170 valence electrons. The zero-order chi connectivity index (χ0) is 22.4. The third-order valence-electron chi connectivity index (χ3n) is 6.49. The summed E-state index contributed by atoms with van der Waals surface area (Å²) >= 11 is 0. The number of nitrogens with zero attached hydrogens (tertiary/aromatic N) is 2. The summed E-state index contributed by atoms with van der Waals surface area (Å²) in [7, 11) is 0. The molecule has 2 fully saturated rings. The van der Waals surface area contributed by atoms with E-state index in [-0.39, 0.29) is 36.0 Å². The number of carbonyl (C=O) groups excluding carboxylic acids is 3. The van der Waals surface area contributed by atoms with Gasteiger partial charge in [0.25, 0.3) is 0 Å². The number of nitrogens with one attached hydrogen (secondary N) is 2. The first-order valence-electron chi connectivity index (χ1n) is 10.9. The van der Waals surface area contributed by atoms with E-state index in [1.165, 1.54) is 29.2 Å². The lowest BCUT2D eigenvalue weighted by Crippen LogP contribution is -3.14. The van der Waals surface area contributed by atoms with E-state index in [0.29, 0.717) is 25.2 Å². The third-order valence-corrected chi connectivity index (χ3v) is 6.49. The molecule has 2 saturated heterocycles. The van der Waals surface area contributed by atoms with Crippen LogP contribution in [0.5, 0.6) is 0 Å². The molecule has 0 unspecified atom stereocenters. The number of urea groups is 1. The molecule has 9 heteroatoms. The van der Waals surface area contributed by atoms with Gasteiger partial charge in [0.1, 0.15) is 5.82 Å². The Bertz CT molecular complexity index is 780. The summed E-state index contributed by atoms with van der Waals surface area (Å²) in [6.45, 7) is 6.67. The molecule has 2 heterocycles. The molecule has 2 aliphatic rings. The van der Waals surface area contributed by atoms with Gasteiger partial charge in [0.05, 0.1) is 32.7 Å². The van der Waals surface area contributed by atoms with E-state index in [1.807, 2.05) is 4.90 Å². The summed E-state index contributed by atoms with van der Waals surface area (Å²) in [6.07, 6.45) is 1.43. The van der Waals surface area contributed by atoms with Crippen LogP contribution in [0, 0.1) is 17.7 Å². The Labute approximate surface area is 182 Å². The highest BCUT2D eigenvalue weighted by atomic mass is 19.1. The Kier molecular flexibility index (Phi) is 7.84. The molecule has 0 aromatic heterocycles. The van der Waals surface area contributed by atoms with Crippen molar-refractivity contribution in [2.75, 3.05) is 51.1 Å². The van der Waals surface area contributed by atoms with Gasteiger partial charge in [-0.1, -0.05) is 0 Å². The lowest BCUT2D eigenvalue weighted by molar-refractivity contribution is -0.904. The van der Waals surface area contributed by atoms with Gasteiger partial charge in [-0.3, -0.25) is 4.79 Å². The quantitative estimate of drug-likeness (QED) is 0.635. The van der Waals surface area contributed by atoms with Gasteiger partial charge in [0.2, 0.25) is 5.91 Å². The van der Waals surface area contributed by atoms with Crippen LogP contribution in [-0.4, -0.2) is 73.5 Å². The van der Waals surface area contributed by atoms with E-state index in [2.05, 4.69) is 5.32 Å². The fourth-order valence-electron chi connectivity index (χ4n) is 4.59. The van der Waals surface area contributed by atoms with Crippen molar-refractivity contribution in [1.82, 2.24) is 9.80 Å². The number of rotatable bonds is 6. The van der Waals surface area contributed by atoms with Crippen LogP contribution in [0.25, 0.3) is 0 Å². The summed E-state index contributed by atoms with van der Waals surface area (Å²) in [6, 6.07) is 5.35. The second-order valence-corrected chi connectivity index (χ2v) is 8.56. The van der Waals surface area contributed by atoms with Crippen molar-refractivity contribution in [2.24, 2.45) is 11.8 Å². The highest BCUT2D eigenvalue weighted by molar-refractivity contribution is 5.89. The largest absolute Gasteiger partial charge is 0.550 e. The first kappa shape index (κ1) is 23.0. The van der Waals surface area contributed by atoms with E-state index in [9.17, 15) is 23.9 Å². The number of anilines is 1. The normalized spacial score (nSPS) is 22.3. The number of piperidine rings is 1. The Morgan fingerprint density at radius 2 is 1.77 bits per heavy atom. The van der Waals surface area contributed by atoms with E-state index in [1.54, 1.807) is 11.8 Å². The Balaban J connectivity index is 1.55. The molecule has 2 atom stereocenters. The zero-order valence-corrected chi connectivity index (χ0v) is 17.9. The number of aliphatic carboxylic acids is 1. The van der Waals surface area contributed by atoms with Crippen molar-refractivity contribution in [3.05, 3.63) is 30.1 Å². The van der Waals surface area contributed by atoms with E-state index in [0.717, 1.165) is 39.1 Å². The molecule has 3 amide bonds. The number of halogens is 1. The highest BCUT2D eigenvalue weighted by Gasteiger charge is 2.33. The number of hydrogen-bond acceptors (Lipinski definition) is 4. The van der Waals surface area contributed by atoms with Crippen molar-refractivity contribution in [3.8, 4) is 0 Å². The smallest absolute Gasteiger partial charge is 0.321 e. The summed E-state index contributed by atoms with van der Waals surface area (Å²) < 4.78 is 13.1. The lowest BCUT2D eigenvalue weighted by Gasteiger charge is -2.40. The molecule has 0 radical (unpaired) electrons. The van der Waals surface area contributed by atoms with Crippen molar-refractivity contribution in [3.63, 3.8) is 0 Å². The van der Waals surface area contributed by atoms with Gasteiger partial charge in [-0.25, -0.2) is 9.18 Å². The minimum absolute atomic E-state index is 0.00549. The van der Waals surface area contributed by atoms with Gasteiger partial charge in [-0.2, -0.15) is 0 Å². The first-order chi connectivity index (χ1) is 14.8. The van der Waals surface area contributed by atoms with E-state index < -0.39 is 5.97 Å². The average Bonchev–Trinajstić information content (AvgIpc) is 2.74. The van der Waals surface area contributed by atoms with Gasteiger partial charge in [-0.15, -0.1) is 0 Å². The van der Waals surface area contributed by atoms with Gasteiger partial charge >= 0.3 is 6.03 Å². The number of piperazine rings is 1. The maximum Gasteiger partial charge on any atom is 0.321 e. The molecular weight excluding hydrogens is 403 g/mol. The van der Waals surface area contributed by atoms with Crippen molar-refractivity contribution >= 4 is 23.6 Å². The second-order valence-electron chi connectivity index (χ2n) is 8.56. The monoisotopic (exact) mass is 434 g/mol. The van der Waals surface area contributed by atoms with Crippen molar-refractivity contribution in [2.45, 2.75) is 26.2 Å². The number of carbonyl (C=O) groups is 3. The average molecular weight is 435 g/mol. The van der Waals surface area contributed by atoms with Crippen molar-refractivity contribution < 1.29 is 28.8 Å². The SMILES string of the molecule is CC(=O)N1CC[NH+](CC[C@H]2CN(C(=O)Nc3ccc(F)cc3)CC[C@H]2CC(=O)[O-])CC1. The predicted molar refractivity (Wildman–Crippen MR) is 111 cm³/mol. The highest BCUT2D eigenvalue weighted by Crippen LogP contribution is 2.29. The standard InChI is InChI=1S/C22H31FN4O4/c1-16(28)26-12-10-25(11-13-26)8-6-18-15-27(9-7-17(18)14-21(29)30)22(31)24-20-4-2-19(23)3-5-20/h2-5,17-18H,6-15H2,1H3,(H,24,31)(H,29,30)/t17-,18-/m0/s1. The lowest BCUT2D eigenvalue weighted by atomic mass is 9.81. The fourth-order valence-corrected chi connectivity index (χ4v) is 4.59. The Hall–Kier alpha value is -2.68. The summed E-state index contributed by atoms with van der Waals surface area (Å²) in [4.78, 5) is 40.4. The van der Waals surface area contributed by atoms with Crippen LogP contribution < -0.4 is 15.3 Å². The Morgan fingerprint density at radius 1 is 1.10 bits per heavy atom. The van der Waals surface area contributed by atoms with Crippen LogP contribution in [0.4, 0.5) is 14.9 Å². The number of carboxylic acids is 1. The molecule has 3 rings (SSSR count).